The fraction of sp³-hybridized carbons (Fsp3) is 0.417. The standard InChI is InChI=1S/C12H12BrFN2O/c13-9-5-4-8-7-15-16(12(8)11(9)14)10-3-1-2-6-17-10/h4-5,7,10H,1-3,6H2. The summed E-state index contributed by atoms with van der Waals surface area (Å²) < 4.78 is 21.8. The van der Waals surface area contributed by atoms with E-state index in [1.165, 1.54) is 0 Å². The number of hydrogen-bond acceptors (Lipinski definition) is 2. The number of hydrogen-bond donors (Lipinski definition) is 0. The second kappa shape index (κ2) is 4.38. The molecule has 1 atom stereocenters. The summed E-state index contributed by atoms with van der Waals surface area (Å²) in [5.41, 5.74) is 0.520. The van der Waals surface area contributed by atoms with Gasteiger partial charge in [0.15, 0.2) is 12.0 Å². The molecule has 1 aromatic carbocycles. The Morgan fingerprint density at radius 2 is 2.29 bits per heavy atom. The van der Waals surface area contributed by atoms with Crippen LogP contribution in [0.2, 0.25) is 0 Å². The molecule has 2 heterocycles. The van der Waals surface area contributed by atoms with Crippen molar-refractivity contribution in [3.8, 4) is 0 Å². The van der Waals surface area contributed by atoms with Crippen molar-refractivity contribution >= 4 is 26.8 Å². The molecular weight excluding hydrogens is 287 g/mol. The summed E-state index contributed by atoms with van der Waals surface area (Å²) in [6, 6.07) is 3.56. The molecule has 1 unspecified atom stereocenters. The Morgan fingerprint density at radius 1 is 1.41 bits per heavy atom. The van der Waals surface area contributed by atoms with Crippen LogP contribution in [0.1, 0.15) is 25.5 Å². The summed E-state index contributed by atoms with van der Waals surface area (Å²) in [6.07, 6.45) is 4.61. The third-order valence-electron chi connectivity index (χ3n) is 3.08. The van der Waals surface area contributed by atoms with Crippen LogP contribution in [0.4, 0.5) is 4.39 Å². The lowest BCUT2D eigenvalue weighted by atomic mass is 10.2. The molecular formula is C12H12BrFN2O. The first-order valence-corrected chi connectivity index (χ1v) is 6.49. The minimum atomic E-state index is -0.269. The highest BCUT2D eigenvalue weighted by molar-refractivity contribution is 9.10. The van der Waals surface area contributed by atoms with Crippen LogP contribution >= 0.6 is 15.9 Å². The van der Waals surface area contributed by atoms with E-state index in [2.05, 4.69) is 21.0 Å². The Labute approximate surface area is 107 Å². The second-order valence-electron chi connectivity index (χ2n) is 4.21. The van der Waals surface area contributed by atoms with E-state index >= 15 is 0 Å². The molecule has 1 aromatic heterocycles. The summed E-state index contributed by atoms with van der Waals surface area (Å²) in [6.45, 7) is 0.724. The first-order valence-electron chi connectivity index (χ1n) is 5.70. The summed E-state index contributed by atoms with van der Waals surface area (Å²) in [5.74, 6) is -0.269. The van der Waals surface area contributed by atoms with Crippen molar-refractivity contribution in [3.63, 3.8) is 0 Å². The molecule has 0 spiro atoms. The first-order chi connectivity index (χ1) is 8.27. The number of nitrogens with zero attached hydrogens (tertiary/aromatic N) is 2. The van der Waals surface area contributed by atoms with Gasteiger partial charge in [-0.25, -0.2) is 9.07 Å². The third-order valence-corrected chi connectivity index (χ3v) is 3.69. The average molecular weight is 299 g/mol. The smallest absolute Gasteiger partial charge is 0.163 e. The largest absolute Gasteiger partial charge is 0.356 e. The Kier molecular flexibility index (Phi) is 2.88. The van der Waals surface area contributed by atoms with E-state index in [0.29, 0.717) is 9.99 Å². The molecule has 17 heavy (non-hydrogen) atoms. The van der Waals surface area contributed by atoms with Crippen molar-refractivity contribution in [2.75, 3.05) is 6.61 Å². The second-order valence-corrected chi connectivity index (χ2v) is 5.06. The summed E-state index contributed by atoms with van der Waals surface area (Å²) in [5, 5.41) is 5.06. The fourth-order valence-electron chi connectivity index (χ4n) is 2.21. The lowest BCUT2D eigenvalue weighted by Crippen LogP contribution is -2.19. The van der Waals surface area contributed by atoms with Gasteiger partial charge >= 0.3 is 0 Å². The maximum Gasteiger partial charge on any atom is 0.163 e. The van der Waals surface area contributed by atoms with Crippen LogP contribution in [0.3, 0.4) is 0 Å². The highest BCUT2D eigenvalue weighted by Gasteiger charge is 2.21. The molecule has 5 heteroatoms. The first kappa shape index (κ1) is 11.2. The predicted octanol–water partition coefficient (Wildman–Crippen LogP) is 3.64. The average Bonchev–Trinajstić information content (AvgIpc) is 2.79. The molecule has 3 rings (SSSR count). The Bertz CT molecular complexity index is 549. The highest BCUT2D eigenvalue weighted by Crippen LogP contribution is 2.30. The van der Waals surface area contributed by atoms with Crippen LogP contribution in [0.15, 0.2) is 22.8 Å². The zero-order valence-electron chi connectivity index (χ0n) is 9.20. The van der Waals surface area contributed by atoms with Gasteiger partial charge in [-0.05, 0) is 47.3 Å². The lowest BCUT2D eigenvalue weighted by molar-refractivity contribution is -0.0369. The molecule has 0 saturated carbocycles. The van der Waals surface area contributed by atoms with Crippen molar-refractivity contribution in [1.29, 1.82) is 0 Å². The van der Waals surface area contributed by atoms with Gasteiger partial charge in [-0.15, -0.1) is 0 Å². The van der Waals surface area contributed by atoms with Crippen LogP contribution in [0, 0.1) is 5.82 Å². The number of halogens is 2. The van der Waals surface area contributed by atoms with E-state index in [-0.39, 0.29) is 12.0 Å². The van der Waals surface area contributed by atoms with Gasteiger partial charge in [0.2, 0.25) is 0 Å². The fourth-order valence-corrected chi connectivity index (χ4v) is 2.53. The van der Waals surface area contributed by atoms with Crippen molar-refractivity contribution in [3.05, 3.63) is 28.6 Å². The molecule has 1 aliphatic rings. The van der Waals surface area contributed by atoms with Crippen molar-refractivity contribution in [2.24, 2.45) is 0 Å². The van der Waals surface area contributed by atoms with Crippen LogP contribution in [-0.4, -0.2) is 16.4 Å². The molecule has 2 aromatic rings. The molecule has 0 N–H and O–H groups in total. The van der Waals surface area contributed by atoms with E-state index in [1.54, 1.807) is 16.9 Å². The maximum atomic E-state index is 14.1. The van der Waals surface area contributed by atoms with E-state index in [1.807, 2.05) is 6.07 Å². The predicted molar refractivity (Wildman–Crippen MR) is 66.2 cm³/mol. The number of aromatic nitrogens is 2. The monoisotopic (exact) mass is 298 g/mol. The lowest BCUT2D eigenvalue weighted by Gasteiger charge is -2.23. The molecule has 1 aliphatic heterocycles. The topological polar surface area (TPSA) is 27.1 Å². The molecule has 90 valence electrons. The van der Waals surface area contributed by atoms with Gasteiger partial charge in [-0.3, -0.25) is 0 Å². The van der Waals surface area contributed by atoms with E-state index in [0.717, 1.165) is 31.3 Å². The van der Waals surface area contributed by atoms with Crippen molar-refractivity contribution in [2.45, 2.75) is 25.5 Å². The van der Waals surface area contributed by atoms with Gasteiger partial charge in [0.25, 0.3) is 0 Å². The van der Waals surface area contributed by atoms with Gasteiger partial charge in [0.05, 0.1) is 10.7 Å². The summed E-state index contributed by atoms with van der Waals surface area (Å²) >= 11 is 3.20. The zero-order chi connectivity index (χ0) is 11.8. The zero-order valence-corrected chi connectivity index (χ0v) is 10.8. The normalized spacial score (nSPS) is 20.9. The number of ether oxygens (including phenoxy) is 1. The van der Waals surface area contributed by atoms with Crippen LogP contribution in [-0.2, 0) is 4.74 Å². The maximum absolute atomic E-state index is 14.1. The Balaban J connectivity index is 2.12. The highest BCUT2D eigenvalue weighted by atomic mass is 79.9. The minimum absolute atomic E-state index is 0.134. The minimum Gasteiger partial charge on any atom is -0.356 e. The SMILES string of the molecule is Fc1c(Br)ccc2cnn(C3CCCCO3)c12. The van der Waals surface area contributed by atoms with Gasteiger partial charge in [-0.1, -0.05) is 0 Å². The van der Waals surface area contributed by atoms with Gasteiger partial charge in [-0.2, -0.15) is 5.10 Å². The Morgan fingerprint density at radius 3 is 3.06 bits per heavy atom. The molecule has 1 fully saturated rings. The van der Waals surface area contributed by atoms with Crippen molar-refractivity contribution in [1.82, 2.24) is 9.78 Å². The van der Waals surface area contributed by atoms with Crippen LogP contribution in [0.5, 0.6) is 0 Å². The van der Waals surface area contributed by atoms with Gasteiger partial charge < -0.3 is 4.74 Å². The van der Waals surface area contributed by atoms with E-state index in [4.69, 9.17) is 4.74 Å². The quantitative estimate of drug-likeness (QED) is 0.804. The molecule has 3 nitrogen and oxygen atoms in total. The van der Waals surface area contributed by atoms with Gasteiger partial charge in [0.1, 0.15) is 5.52 Å². The third kappa shape index (κ3) is 1.87. The molecule has 0 bridgehead atoms. The van der Waals surface area contributed by atoms with E-state index in [9.17, 15) is 4.39 Å². The number of rotatable bonds is 1. The molecule has 1 saturated heterocycles. The van der Waals surface area contributed by atoms with Crippen LogP contribution < -0.4 is 0 Å². The summed E-state index contributed by atoms with van der Waals surface area (Å²) in [4.78, 5) is 0. The van der Waals surface area contributed by atoms with Gasteiger partial charge in [0, 0.05) is 12.0 Å². The van der Waals surface area contributed by atoms with E-state index < -0.39 is 0 Å². The molecule has 0 amide bonds. The number of fused-ring (bicyclic) bond motifs is 1. The van der Waals surface area contributed by atoms with Crippen molar-refractivity contribution < 1.29 is 9.13 Å². The molecule has 0 radical (unpaired) electrons. The molecule has 0 aliphatic carbocycles. The Hall–Kier alpha value is -0.940. The van der Waals surface area contributed by atoms with Crippen LogP contribution in [0.25, 0.3) is 10.9 Å². The summed E-state index contributed by atoms with van der Waals surface area (Å²) in [7, 11) is 0. The number of benzene rings is 1.